The third-order valence-electron chi connectivity index (χ3n) is 5.99. The van der Waals surface area contributed by atoms with Crippen LogP contribution in [0.1, 0.15) is 51.4 Å². The van der Waals surface area contributed by atoms with Gasteiger partial charge in [0.25, 0.3) is 0 Å². The number of imidazole rings is 1. The SMILES string of the molecule is O=C(NCCCSC1CCCCC1)[C@@H]1CCCN(c2nc3ccccc3[nH]2)C1. The number of aromatic nitrogens is 2. The molecule has 5 nitrogen and oxygen atoms in total. The van der Waals surface area contributed by atoms with E-state index in [4.69, 9.17) is 4.98 Å². The number of carbonyl (C=O) groups is 1. The summed E-state index contributed by atoms with van der Waals surface area (Å²) in [7, 11) is 0. The molecule has 6 heteroatoms. The number of para-hydroxylation sites is 2. The molecule has 2 aliphatic rings. The van der Waals surface area contributed by atoms with Crippen LogP contribution in [0.2, 0.25) is 0 Å². The van der Waals surface area contributed by atoms with Crippen molar-refractivity contribution in [2.75, 3.05) is 30.3 Å². The highest BCUT2D eigenvalue weighted by molar-refractivity contribution is 7.99. The van der Waals surface area contributed by atoms with Gasteiger partial charge in [0, 0.05) is 24.9 Å². The maximum Gasteiger partial charge on any atom is 0.224 e. The van der Waals surface area contributed by atoms with E-state index in [1.54, 1.807) is 0 Å². The van der Waals surface area contributed by atoms with Gasteiger partial charge in [0.1, 0.15) is 0 Å². The minimum absolute atomic E-state index is 0.0629. The van der Waals surface area contributed by atoms with Crippen LogP contribution in [0.25, 0.3) is 11.0 Å². The Morgan fingerprint density at radius 1 is 1.18 bits per heavy atom. The van der Waals surface area contributed by atoms with Crippen LogP contribution in [0, 0.1) is 5.92 Å². The first kappa shape index (κ1) is 19.6. The normalized spacial score (nSPS) is 21.1. The number of aromatic amines is 1. The number of piperidine rings is 1. The van der Waals surface area contributed by atoms with Crippen molar-refractivity contribution in [1.82, 2.24) is 15.3 Å². The van der Waals surface area contributed by atoms with E-state index in [2.05, 4.69) is 27.0 Å². The molecule has 2 fully saturated rings. The average Bonchev–Trinajstić information content (AvgIpc) is 3.19. The van der Waals surface area contributed by atoms with E-state index in [0.717, 1.165) is 61.1 Å². The van der Waals surface area contributed by atoms with E-state index >= 15 is 0 Å². The molecule has 0 bridgehead atoms. The fourth-order valence-electron chi connectivity index (χ4n) is 4.38. The summed E-state index contributed by atoms with van der Waals surface area (Å²) in [6.45, 7) is 2.52. The molecule has 0 radical (unpaired) electrons. The van der Waals surface area contributed by atoms with Gasteiger partial charge in [-0.25, -0.2) is 4.98 Å². The quantitative estimate of drug-likeness (QED) is 0.678. The Morgan fingerprint density at radius 2 is 2.04 bits per heavy atom. The summed E-state index contributed by atoms with van der Waals surface area (Å²) < 4.78 is 0. The fraction of sp³-hybridized carbons (Fsp3) is 0.636. The average molecular weight is 401 g/mol. The van der Waals surface area contributed by atoms with E-state index in [1.165, 1.54) is 37.9 Å². The molecular formula is C22H32N4OS. The Hall–Kier alpha value is -1.69. The number of hydrogen-bond donors (Lipinski definition) is 2. The summed E-state index contributed by atoms with van der Waals surface area (Å²) in [4.78, 5) is 23.0. The number of rotatable bonds is 7. The zero-order valence-corrected chi connectivity index (χ0v) is 17.5. The molecule has 1 aromatic heterocycles. The third-order valence-corrected chi connectivity index (χ3v) is 7.46. The van der Waals surface area contributed by atoms with Crippen LogP contribution in [0.3, 0.4) is 0 Å². The van der Waals surface area contributed by atoms with Crippen molar-refractivity contribution in [3.05, 3.63) is 24.3 Å². The van der Waals surface area contributed by atoms with Crippen LogP contribution in [0.4, 0.5) is 5.95 Å². The lowest BCUT2D eigenvalue weighted by Gasteiger charge is -2.31. The number of nitrogens with one attached hydrogen (secondary N) is 2. The van der Waals surface area contributed by atoms with Crippen LogP contribution in [0.5, 0.6) is 0 Å². The van der Waals surface area contributed by atoms with Crippen LogP contribution in [-0.4, -0.2) is 46.5 Å². The van der Waals surface area contributed by atoms with Gasteiger partial charge in [-0.3, -0.25) is 4.79 Å². The van der Waals surface area contributed by atoms with E-state index in [9.17, 15) is 4.79 Å². The van der Waals surface area contributed by atoms with Crippen molar-refractivity contribution in [3.8, 4) is 0 Å². The summed E-state index contributed by atoms with van der Waals surface area (Å²) in [6.07, 6.45) is 10.1. The van der Waals surface area contributed by atoms with Crippen LogP contribution in [-0.2, 0) is 4.79 Å². The summed E-state index contributed by atoms with van der Waals surface area (Å²) in [5.41, 5.74) is 2.04. The van der Waals surface area contributed by atoms with Gasteiger partial charge in [-0.2, -0.15) is 11.8 Å². The van der Waals surface area contributed by atoms with Crippen molar-refractivity contribution in [3.63, 3.8) is 0 Å². The molecule has 1 amide bonds. The first-order chi connectivity index (χ1) is 13.8. The third kappa shape index (κ3) is 5.02. The highest BCUT2D eigenvalue weighted by Gasteiger charge is 2.27. The second-order valence-corrected chi connectivity index (χ2v) is 9.55. The highest BCUT2D eigenvalue weighted by Crippen LogP contribution is 2.28. The van der Waals surface area contributed by atoms with Gasteiger partial charge < -0.3 is 15.2 Å². The molecule has 1 atom stereocenters. The molecule has 1 aliphatic heterocycles. The number of nitrogens with zero attached hydrogens (tertiary/aromatic N) is 2. The zero-order chi connectivity index (χ0) is 19.2. The number of amides is 1. The molecule has 152 valence electrons. The van der Waals surface area contributed by atoms with Crippen molar-refractivity contribution in [2.24, 2.45) is 5.92 Å². The van der Waals surface area contributed by atoms with Gasteiger partial charge in [0.2, 0.25) is 11.9 Å². The van der Waals surface area contributed by atoms with Gasteiger partial charge in [-0.1, -0.05) is 31.4 Å². The van der Waals surface area contributed by atoms with Gasteiger partial charge >= 0.3 is 0 Å². The smallest absolute Gasteiger partial charge is 0.224 e. The highest BCUT2D eigenvalue weighted by atomic mass is 32.2. The summed E-state index contributed by atoms with van der Waals surface area (Å²) in [5, 5.41) is 4.04. The standard InChI is InChI=1S/C22H32N4OS/c27-21(23-13-7-15-28-18-9-2-1-3-10-18)17-8-6-14-26(16-17)22-24-19-11-4-5-12-20(19)25-22/h4-5,11-12,17-18H,1-3,6-10,13-16H2,(H,23,27)(H,24,25)/t17-/m1/s1. The molecule has 0 spiro atoms. The zero-order valence-electron chi connectivity index (χ0n) is 16.7. The van der Waals surface area contributed by atoms with E-state index in [0.29, 0.717) is 0 Å². The van der Waals surface area contributed by atoms with Gasteiger partial charge in [0.15, 0.2) is 0 Å². The molecule has 1 aliphatic carbocycles. The number of anilines is 1. The maximum absolute atomic E-state index is 12.6. The second kappa shape index (κ2) is 9.68. The Morgan fingerprint density at radius 3 is 2.89 bits per heavy atom. The number of carbonyl (C=O) groups excluding carboxylic acids is 1. The molecule has 1 aromatic carbocycles. The predicted molar refractivity (Wildman–Crippen MR) is 118 cm³/mol. The van der Waals surface area contributed by atoms with E-state index in [-0.39, 0.29) is 11.8 Å². The van der Waals surface area contributed by atoms with Gasteiger partial charge in [-0.15, -0.1) is 0 Å². The first-order valence-electron chi connectivity index (χ1n) is 10.9. The minimum atomic E-state index is 0.0629. The molecule has 1 saturated carbocycles. The monoisotopic (exact) mass is 400 g/mol. The Balaban J connectivity index is 1.21. The lowest BCUT2D eigenvalue weighted by Crippen LogP contribution is -2.43. The molecule has 2 aromatic rings. The summed E-state index contributed by atoms with van der Waals surface area (Å²) in [6, 6.07) is 8.09. The Kier molecular flexibility index (Phi) is 6.78. The van der Waals surface area contributed by atoms with Crippen LogP contribution < -0.4 is 10.2 Å². The molecule has 0 unspecified atom stereocenters. The topological polar surface area (TPSA) is 61.0 Å². The van der Waals surface area contributed by atoms with Crippen LogP contribution >= 0.6 is 11.8 Å². The molecule has 2 N–H and O–H groups in total. The fourth-order valence-corrected chi connectivity index (χ4v) is 5.69. The number of hydrogen-bond acceptors (Lipinski definition) is 4. The molecule has 1 saturated heterocycles. The number of fused-ring (bicyclic) bond motifs is 1. The van der Waals surface area contributed by atoms with Gasteiger partial charge in [-0.05, 0) is 50.0 Å². The molecular weight excluding hydrogens is 368 g/mol. The number of H-pyrrole nitrogens is 1. The van der Waals surface area contributed by atoms with Crippen molar-refractivity contribution in [2.45, 2.75) is 56.6 Å². The van der Waals surface area contributed by atoms with Crippen molar-refractivity contribution in [1.29, 1.82) is 0 Å². The van der Waals surface area contributed by atoms with Crippen molar-refractivity contribution >= 4 is 34.7 Å². The summed E-state index contributed by atoms with van der Waals surface area (Å²) >= 11 is 2.11. The first-order valence-corrected chi connectivity index (χ1v) is 11.9. The van der Waals surface area contributed by atoms with E-state index < -0.39 is 0 Å². The molecule has 2 heterocycles. The lowest BCUT2D eigenvalue weighted by atomic mass is 9.97. The maximum atomic E-state index is 12.6. The summed E-state index contributed by atoms with van der Waals surface area (Å²) in [5.74, 6) is 2.33. The lowest BCUT2D eigenvalue weighted by molar-refractivity contribution is -0.125. The predicted octanol–water partition coefficient (Wildman–Crippen LogP) is 4.35. The number of thioether (sulfide) groups is 1. The van der Waals surface area contributed by atoms with E-state index in [1.807, 2.05) is 24.3 Å². The largest absolute Gasteiger partial charge is 0.356 e. The molecule has 28 heavy (non-hydrogen) atoms. The van der Waals surface area contributed by atoms with Crippen molar-refractivity contribution < 1.29 is 4.79 Å². The van der Waals surface area contributed by atoms with Crippen LogP contribution in [0.15, 0.2) is 24.3 Å². The minimum Gasteiger partial charge on any atom is -0.356 e. The second-order valence-electron chi connectivity index (χ2n) is 8.14. The number of benzene rings is 1. The Bertz CT molecular complexity index is 738. The Labute approximate surface area is 172 Å². The van der Waals surface area contributed by atoms with Gasteiger partial charge in [0.05, 0.1) is 17.0 Å². The molecule has 4 rings (SSSR count).